The Balaban J connectivity index is 1.27. The van der Waals surface area contributed by atoms with E-state index in [1.54, 1.807) is 9.80 Å². The highest BCUT2D eigenvalue weighted by molar-refractivity contribution is 7.77. The second-order valence-electron chi connectivity index (χ2n) is 10.2. The highest BCUT2D eigenvalue weighted by atomic mass is 32.2. The quantitative estimate of drug-likeness (QED) is 0.147. The van der Waals surface area contributed by atoms with E-state index in [0.29, 0.717) is 71.7 Å². The Morgan fingerprint density at radius 3 is 1.45 bits per heavy atom. The van der Waals surface area contributed by atoms with Crippen LogP contribution in [0.1, 0.15) is 57.9 Å². The van der Waals surface area contributed by atoms with Crippen LogP contribution in [0.25, 0.3) is 0 Å². The molecule has 0 unspecified atom stereocenters. The standard InChI is InChI=1S/C27H33N5O9S6/c33-16(15-17(34)35)30(5-1-3-28-22(36)18-20(46-26(42)44-18)24(38)31-7-11-40-12-8-31)6-2-4-29-23(37)19-21(47-27(43)45-19)25(39)32-9-13-41-14-10-32/h1-15H2,(H,28,36)(H,29,37)(H,34,35). The molecule has 2 aromatic rings. The summed E-state index contributed by atoms with van der Waals surface area (Å²) >= 11 is 14.8. The van der Waals surface area contributed by atoms with Crippen molar-refractivity contribution in [3.8, 4) is 0 Å². The van der Waals surface area contributed by atoms with Crippen LogP contribution in [-0.2, 0) is 19.1 Å². The monoisotopic (exact) mass is 763 g/mol. The van der Waals surface area contributed by atoms with Crippen molar-refractivity contribution in [2.75, 3.05) is 78.8 Å². The van der Waals surface area contributed by atoms with E-state index >= 15 is 0 Å². The molecule has 0 atom stereocenters. The molecule has 0 aromatic carbocycles. The number of nitrogens with one attached hydrogen (secondary N) is 2. The molecule has 0 saturated carbocycles. The Morgan fingerprint density at radius 1 is 0.681 bits per heavy atom. The Bertz CT molecular complexity index is 1490. The summed E-state index contributed by atoms with van der Waals surface area (Å²) in [5.74, 6) is -3.30. The van der Waals surface area contributed by atoms with Crippen molar-refractivity contribution >= 4 is 105 Å². The maximum Gasteiger partial charge on any atom is 0.312 e. The fourth-order valence-electron chi connectivity index (χ4n) is 4.67. The molecular weight excluding hydrogens is 731 g/mol. The van der Waals surface area contributed by atoms with E-state index in [4.69, 9.17) is 39.0 Å². The average Bonchev–Trinajstić information content (AvgIpc) is 3.66. The van der Waals surface area contributed by atoms with Crippen LogP contribution < -0.4 is 10.6 Å². The summed E-state index contributed by atoms with van der Waals surface area (Å²) in [5, 5.41) is 14.7. The lowest BCUT2D eigenvalue weighted by molar-refractivity contribution is -0.144. The summed E-state index contributed by atoms with van der Waals surface area (Å²) in [7, 11) is 0. The molecule has 0 bridgehead atoms. The van der Waals surface area contributed by atoms with Gasteiger partial charge in [0.25, 0.3) is 23.6 Å². The lowest BCUT2D eigenvalue weighted by Crippen LogP contribution is -2.41. The first kappa shape index (κ1) is 37.1. The SMILES string of the molecule is O=C(O)CC(=O)N(CCCNC(=O)c1sc(=S)sc1C(=O)N1CCOCC1)CCCNC(=O)c1sc(=S)sc1C(=O)N1CCOCC1. The Labute approximate surface area is 296 Å². The number of carboxylic acids is 1. The van der Waals surface area contributed by atoms with Gasteiger partial charge < -0.3 is 39.9 Å². The van der Waals surface area contributed by atoms with Gasteiger partial charge in [-0.1, -0.05) is 24.4 Å². The molecular formula is C27H33N5O9S6. The third-order valence-electron chi connectivity index (χ3n) is 6.99. The number of aliphatic carboxylic acids is 1. The van der Waals surface area contributed by atoms with Gasteiger partial charge in [0.15, 0.2) is 0 Å². The molecule has 2 aliphatic rings. The largest absolute Gasteiger partial charge is 0.481 e. The number of carbonyl (C=O) groups is 6. The van der Waals surface area contributed by atoms with Crippen LogP contribution in [0.3, 0.4) is 0 Å². The van der Waals surface area contributed by atoms with E-state index in [1.807, 2.05) is 0 Å². The fourth-order valence-corrected chi connectivity index (χ4v) is 9.66. The van der Waals surface area contributed by atoms with Crippen LogP contribution in [0.2, 0.25) is 0 Å². The maximum atomic E-state index is 13.0. The summed E-state index contributed by atoms with van der Waals surface area (Å²) in [4.78, 5) is 81.5. The number of ether oxygens (including phenoxy) is 2. The third kappa shape index (κ3) is 10.6. The first-order valence-corrected chi connectivity index (χ1v) is 18.7. The lowest BCUT2D eigenvalue weighted by Gasteiger charge is -2.26. The molecule has 2 aromatic heterocycles. The van der Waals surface area contributed by atoms with Gasteiger partial charge >= 0.3 is 5.97 Å². The predicted molar refractivity (Wildman–Crippen MR) is 182 cm³/mol. The van der Waals surface area contributed by atoms with E-state index in [1.165, 1.54) is 4.90 Å². The number of hydrogen-bond donors (Lipinski definition) is 3. The minimum absolute atomic E-state index is 0.156. The van der Waals surface area contributed by atoms with Gasteiger partial charge in [-0.25, -0.2) is 0 Å². The Morgan fingerprint density at radius 2 is 1.06 bits per heavy atom. The molecule has 3 N–H and O–H groups in total. The molecule has 0 radical (unpaired) electrons. The van der Waals surface area contributed by atoms with Gasteiger partial charge in [-0.05, 0) is 12.8 Å². The third-order valence-corrected chi connectivity index (χ3v) is 12.3. The maximum absolute atomic E-state index is 13.0. The zero-order chi connectivity index (χ0) is 33.9. The predicted octanol–water partition coefficient (Wildman–Crippen LogP) is 2.58. The molecule has 256 valence electrons. The minimum atomic E-state index is -1.27. The van der Waals surface area contributed by atoms with E-state index in [0.717, 1.165) is 45.3 Å². The second kappa shape index (κ2) is 18.2. The molecule has 4 heterocycles. The molecule has 14 nitrogen and oxygen atoms in total. The Hall–Kier alpha value is -2.72. The van der Waals surface area contributed by atoms with Crippen molar-refractivity contribution in [1.82, 2.24) is 25.3 Å². The van der Waals surface area contributed by atoms with Gasteiger partial charge in [0, 0.05) is 52.4 Å². The van der Waals surface area contributed by atoms with Crippen molar-refractivity contribution in [3.05, 3.63) is 25.8 Å². The lowest BCUT2D eigenvalue weighted by atomic mass is 10.2. The second-order valence-corrected chi connectivity index (χ2v) is 16.7. The van der Waals surface area contributed by atoms with Gasteiger partial charge in [0.1, 0.15) is 32.2 Å². The normalized spacial score (nSPS) is 14.8. The van der Waals surface area contributed by atoms with Gasteiger partial charge in [-0.3, -0.25) is 28.8 Å². The van der Waals surface area contributed by atoms with Crippen LogP contribution in [-0.4, -0.2) is 134 Å². The van der Waals surface area contributed by atoms with Crippen LogP contribution in [0.15, 0.2) is 0 Å². The molecule has 4 rings (SSSR count). The van der Waals surface area contributed by atoms with Gasteiger partial charge in [-0.2, -0.15) is 0 Å². The van der Waals surface area contributed by atoms with Crippen molar-refractivity contribution in [1.29, 1.82) is 0 Å². The summed E-state index contributed by atoms with van der Waals surface area (Å²) in [6, 6.07) is 0. The minimum Gasteiger partial charge on any atom is -0.481 e. The number of morpholine rings is 2. The van der Waals surface area contributed by atoms with Crippen LogP contribution in [0.5, 0.6) is 0 Å². The Kier molecular flexibility index (Phi) is 14.3. The smallest absolute Gasteiger partial charge is 0.312 e. The first-order valence-electron chi connectivity index (χ1n) is 14.6. The van der Waals surface area contributed by atoms with E-state index in [9.17, 15) is 28.8 Å². The zero-order valence-electron chi connectivity index (χ0n) is 25.1. The summed E-state index contributed by atoms with van der Waals surface area (Å²) in [6.45, 7) is 4.05. The summed E-state index contributed by atoms with van der Waals surface area (Å²) < 4.78 is 11.5. The van der Waals surface area contributed by atoms with Crippen LogP contribution in [0.4, 0.5) is 0 Å². The number of carbonyl (C=O) groups excluding carboxylic acids is 5. The number of carboxylic acid groups (broad SMARTS) is 1. The number of amides is 5. The van der Waals surface area contributed by atoms with Crippen LogP contribution in [0, 0.1) is 6.28 Å². The van der Waals surface area contributed by atoms with Crippen LogP contribution >= 0.6 is 69.8 Å². The highest BCUT2D eigenvalue weighted by Gasteiger charge is 2.28. The van der Waals surface area contributed by atoms with Crippen molar-refractivity contribution < 1.29 is 43.3 Å². The van der Waals surface area contributed by atoms with Crippen molar-refractivity contribution in [2.24, 2.45) is 0 Å². The number of nitrogens with zero attached hydrogens (tertiary/aromatic N) is 3. The fraction of sp³-hybridized carbons (Fsp3) is 0.556. The first-order chi connectivity index (χ1) is 22.5. The topological polar surface area (TPSA) is 175 Å². The molecule has 20 heteroatoms. The zero-order valence-corrected chi connectivity index (χ0v) is 30.0. The summed E-state index contributed by atoms with van der Waals surface area (Å²) in [5.41, 5.74) is 0. The molecule has 0 aliphatic carbocycles. The van der Waals surface area contributed by atoms with Gasteiger partial charge in [-0.15, -0.1) is 45.3 Å². The van der Waals surface area contributed by atoms with E-state index < -0.39 is 30.1 Å². The molecule has 2 fully saturated rings. The van der Waals surface area contributed by atoms with Gasteiger partial charge in [0.05, 0.1) is 26.4 Å². The average molecular weight is 764 g/mol. The molecule has 47 heavy (non-hydrogen) atoms. The molecule has 2 aliphatic heterocycles. The number of rotatable bonds is 14. The van der Waals surface area contributed by atoms with E-state index in [2.05, 4.69) is 10.6 Å². The van der Waals surface area contributed by atoms with Crippen molar-refractivity contribution in [2.45, 2.75) is 19.3 Å². The highest BCUT2D eigenvalue weighted by Crippen LogP contribution is 2.28. The summed E-state index contributed by atoms with van der Waals surface area (Å²) in [6.07, 6.45) is -0.0665. The van der Waals surface area contributed by atoms with E-state index in [-0.39, 0.29) is 57.5 Å². The molecule has 5 amide bonds. The number of hydrogen-bond acceptors (Lipinski definition) is 14. The van der Waals surface area contributed by atoms with Crippen molar-refractivity contribution in [3.63, 3.8) is 0 Å². The molecule has 2 saturated heterocycles. The molecule has 0 spiro atoms. The van der Waals surface area contributed by atoms with Gasteiger partial charge in [0.2, 0.25) is 5.91 Å².